The van der Waals surface area contributed by atoms with E-state index in [4.69, 9.17) is 0 Å². The number of hydrogen-bond acceptors (Lipinski definition) is 3. The van der Waals surface area contributed by atoms with Gasteiger partial charge >= 0.3 is 0 Å². The van der Waals surface area contributed by atoms with Gasteiger partial charge in [-0.25, -0.2) is 0 Å². The second-order valence-corrected chi connectivity index (χ2v) is 6.34. The molecule has 1 aromatic carbocycles. The molecule has 0 fully saturated rings. The van der Waals surface area contributed by atoms with Gasteiger partial charge in [0.05, 0.1) is 11.6 Å². The molecule has 0 unspecified atom stereocenters. The highest BCUT2D eigenvalue weighted by molar-refractivity contribution is 6.22. The normalized spacial score (nSPS) is 28.1. The number of benzene rings is 1. The number of carbonyl (C=O) groups is 2. The van der Waals surface area contributed by atoms with Gasteiger partial charge in [-0.15, -0.1) is 0 Å². The Morgan fingerprint density at radius 2 is 1.90 bits per heavy atom. The minimum Gasteiger partial charge on any atom is -0.366 e. The Balaban J connectivity index is 1.88. The van der Waals surface area contributed by atoms with Crippen molar-refractivity contribution in [3.05, 3.63) is 46.7 Å². The Kier molecular flexibility index (Phi) is 2.78. The van der Waals surface area contributed by atoms with E-state index in [9.17, 15) is 9.59 Å². The van der Waals surface area contributed by atoms with Crippen LogP contribution in [0, 0.1) is 5.92 Å². The van der Waals surface area contributed by atoms with Gasteiger partial charge in [-0.2, -0.15) is 0 Å². The van der Waals surface area contributed by atoms with E-state index in [2.05, 4.69) is 29.2 Å². The molecule has 0 bridgehead atoms. The molecule has 4 rings (SSSR count). The number of rotatable bonds is 0. The van der Waals surface area contributed by atoms with E-state index < -0.39 is 0 Å². The van der Waals surface area contributed by atoms with Crippen LogP contribution in [-0.2, 0) is 16.0 Å². The van der Waals surface area contributed by atoms with Crippen molar-refractivity contribution < 1.29 is 9.59 Å². The van der Waals surface area contributed by atoms with Gasteiger partial charge in [-0.1, -0.05) is 31.2 Å². The minimum atomic E-state index is -0.132. The van der Waals surface area contributed by atoms with Gasteiger partial charge in [0.1, 0.15) is 0 Å². The zero-order valence-electron chi connectivity index (χ0n) is 12.3. The molecule has 0 N–H and O–H groups in total. The molecule has 2 atom stereocenters. The molecule has 3 heteroatoms. The van der Waals surface area contributed by atoms with Crippen molar-refractivity contribution in [2.45, 2.75) is 38.6 Å². The Bertz CT molecular complexity index is 674. The van der Waals surface area contributed by atoms with Crippen LogP contribution < -0.4 is 0 Å². The van der Waals surface area contributed by atoms with Gasteiger partial charge in [0.25, 0.3) is 0 Å². The Labute approximate surface area is 124 Å². The number of carbonyl (C=O) groups excluding carboxylic acids is 2. The SMILES string of the molecule is C[C@H]1C(=O)C2=C(CCCC2=O)N2CCc3ccccc3[C@H]12. The van der Waals surface area contributed by atoms with Crippen LogP contribution in [0.15, 0.2) is 35.5 Å². The second-order valence-electron chi connectivity index (χ2n) is 6.34. The van der Waals surface area contributed by atoms with Crippen LogP contribution in [0.4, 0.5) is 0 Å². The lowest BCUT2D eigenvalue weighted by molar-refractivity contribution is -0.127. The van der Waals surface area contributed by atoms with Crippen LogP contribution in [0.3, 0.4) is 0 Å². The molecule has 0 saturated carbocycles. The van der Waals surface area contributed by atoms with E-state index in [1.165, 1.54) is 11.1 Å². The molecular weight excluding hydrogens is 262 g/mol. The Hall–Kier alpha value is -1.90. The van der Waals surface area contributed by atoms with Crippen molar-refractivity contribution >= 4 is 11.6 Å². The number of Topliss-reactive ketones (excluding diaryl/α,β-unsaturated/α-hetero) is 2. The van der Waals surface area contributed by atoms with E-state index in [0.717, 1.165) is 31.5 Å². The maximum Gasteiger partial charge on any atom is 0.173 e. The van der Waals surface area contributed by atoms with Crippen molar-refractivity contribution in [2.75, 3.05) is 6.54 Å². The molecule has 0 amide bonds. The third-order valence-electron chi connectivity index (χ3n) is 5.20. The summed E-state index contributed by atoms with van der Waals surface area (Å²) in [7, 11) is 0. The first-order valence-electron chi connectivity index (χ1n) is 7.83. The summed E-state index contributed by atoms with van der Waals surface area (Å²) in [4.78, 5) is 27.3. The average Bonchev–Trinajstić information content (AvgIpc) is 2.51. The predicted octanol–water partition coefficient (Wildman–Crippen LogP) is 2.81. The molecule has 3 aliphatic rings. The summed E-state index contributed by atoms with van der Waals surface area (Å²) >= 11 is 0. The number of fused-ring (bicyclic) bond motifs is 4. The molecule has 2 aliphatic heterocycles. The Morgan fingerprint density at radius 3 is 2.76 bits per heavy atom. The lowest BCUT2D eigenvalue weighted by Gasteiger charge is -2.47. The van der Waals surface area contributed by atoms with Crippen LogP contribution >= 0.6 is 0 Å². The summed E-state index contributed by atoms with van der Waals surface area (Å²) in [5.74, 6) is -0.00897. The maximum atomic E-state index is 12.7. The van der Waals surface area contributed by atoms with Crippen LogP contribution in [-0.4, -0.2) is 23.0 Å². The van der Waals surface area contributed by atoms with Gasteiger partial charge < -0.3 is 4.90 Å². The molecule has 108 valence electrons. The summed E-state index contributed by atoms with van der Waals surface area (Å²) in [5.41, 5.74) is 4.16. The van der Waals surface area contributed by atoms with E-state index in [0.29, 0.717) is 12.0 Å². The number of ketones is 2. The van der Waals surface area contributed by atoms with Crippen molar-refractivity contribution in [2.24, 2.45) is 5.92 Å². The number of nitrogens with zero attached hydrogens (tertiary/aromatic N) is 1. The second kappa shape index (κ2) is 4.55. The van der Waals surface area contributed by atoms with Crippen LogP contribution in [0.25, 0.3) is 0 Å². The molecule has 21 heavy (non-hydrogen) atoms. The van der Waals surface area contributed by atoms with Crippen molar-refractivity contribution in [1.82, 2.24) is 4.90 Å². The molecular formula is C18H19NO2. The van der Waals surface area contributed by atoms with E-state index in [-0.39, 0.29) is 23.5 Å². The highest BCUT2D eigenvalue weighted by atomic mass is 16.2. The first-order chi connectivity index (χ1) is 10.2. The summed E-state index contributed by atoms with van der Waals surface area (Å²) in [6.07, 6.45) is 3.29. The largest absolute Gasteiger partial charge is 0.366 e. The van der Waals surface area contributed by atoms with Gasteiger partial charge in [0.15, 0.2) is 11.6 Å². The van der Waals surface area contributed by atoms with Gasteiger partial charge in [-0.05, 0) is 30.4 Å². The minimum absolute atomic E-state index is 0.0606. The molecule has 1 aromatic rings. The zero-order valence-corrected chi connectivity index (χ0v) is 12.3. The fraction of sp³-hybridized carbons (Fsp3) is 0.444. The highest BCUT2D eigenvalue weighted by Crippen LogP contribution is 2.45. The molecule has 0 saturated heterocycles. The lowest BCUT2D eigenvalue weighted by atomic mass is 9.74. The number of allylic oxidation sites excluding steroid dienone is 2. The first-order valence-corrected chi connectivity index (χ1v) is 7.83. The van der Waals surface area contributed by atoms with Gasteiger partial charge in [0.2, 0.25) is 0 Å². The highest BCUT2D eigenvalue weighted by Gasteiger charge is 2.45. The van der Waals surface area contributed by atoms with Crippen LogP contribution in [0.5, 0.6) is 0 Å². The quantitative estimate of drug-likeness (QED) is 0.686. The molecule has 1 aliphatic carbocycles. The predicted molar refractivity (Wildman–Crippen MR) is 79.6 cm³/mol. The summed E-state index contributed by atoms with van der Waals surface area (Å²) < 4.78 is 0. The Morgan fingerprint density at radius 1 is 1.10 bits per heavy atom. The smallest absolute Gasteiger partial charge is 0.173 e. The zero-order chi connectivity index (χ0) is 14.6. The molecule has 0 aromatic heterocycles. The van der Waals surface area contributed by atoms with Crippen molar-refractivity contribution in [3.8, 4) is 0 Å². The summed E-state index contributed by atoms with van der Waals surface area (Å²) in [6, 6.07) is 8.55. The van der Waals surface area contributed by atoms with Crippen LogP contribution in [0.1, 0.15) is 43.4 Å². The summed E-state index contributed by atoms with van der Waals surface area (Å²) in [5, 5.41) is 0. The molecule has 0 radical (unpaired) electrons. The lowest BCUT2D eigenvalue weighted by Crippen LogP contribution is -2.47. The molecule has 3 nitrogen and oxygen atoms in total. The van der Waals surface area contributed by atoms with E-state index in [1.807, 2.05) is 6.92 Å². The van der Waals surface area contributed by atoms with Gasteiger partial charge in [-0.3, -0.25) is 9.59 Å². The van der Waals surface area contributed by atoms with Crippen LogP contribution in [0.2, 0.25) is 0 Å². The third kappa shape index (κ3) is 1.73. The summed E-state index contributed by atoms with van der Waals surface area (Å²) in [6.45, 7) is 2.90. The van der Waals surface area contributed by atoms with E-state index in [1.54, 1.807) is 0 Å². The number of hydrogen-bond donors (Lipinski definition) is 0. The topological polar surface area (TPSA) is 37.4 Å². The third-order valence-corrected chi connectivity index (χ3v) is 5.20. The fourth-order valence-corrected chi connectivity index (χ4v) is 4.21. The molecule has 2 heterocycles. The van der Waals surface area contributed by atoms with Crippen molar-refractivity contribution in [3.63, 3.8) is 0 Å². The van der Waals surface area contributed by atoms with E-state index >= 15 is 0 Å². The van der Waals surface area contributed by atoms with Gasteiger partial charge in [0, 0.05) is 24.6 Å². The standard InChI is InChI=1S/C18H19NO2/c1-11-17-13-6-3-2-5-12(13)9-10-19(17)14-7-4-8-15(20)16(14)18(11)21/h2-3,5-6,11,17H,4,7-10H2,1H3/t11-,17+/m1/s1. The maximum absolute atomic E-state index is 12.7. The van der Waals surface area contributed by atoms with Crippen molar-refractivity contribution in [1.29, 1.82) is 0 Å². The molecule has 0 spiro atoms. The fourth-order valence-electron chi connectivity index (χ4n) is 4.21. The first kappa shape index (κ1) is 12.8. The average molecular weight is 281 g/mol. The monoisotopic (exact) mass is 281 g/mol.